The van der Waals surface area contributed by atoms with E-state index in [1.54, 1.807) is 6.08 Å². The number of benzene rings is 1. The molecule has 4 rings (SSSR count). The summed E-state index contributed by atoms with van der Waals surface area (Å²) in [7, 11) is 0. The van der Waals surface area contributed by atoms with Crippen LogP contribution in [0.5, 0.6) is 0 Å². The number of piperidine rings is 1. The Morgan fingerprint density at radius 1 is 1.17 bits per heavy atom. The quantitative estimate of drug-likeness (QED) is 0.792. The number of nitrogens with one attached hydrogen (secondary N) is 2. The lowest BCUT2D eigenvalue weighted by atomic mass is 10.0. The number of pyridine rings is 1. The van der Waals surface area contributed by atoms with Gasteiger partial charge in [0.15, 0.2) is 0 Å². The molecule has 2 aromatic rings. The zero-order valence-electron chi connectivity index (χ0n) is 16.8. The number of amides is 1. The Labute approximate surface area is 172 Å². The normalized spacial score (nSPS) is 17.4. The molecule has 2 aliphatic heterocycles. The monoisotopic (exact) mass is 388 g/mol. The van der Waals surface area contributed by atoms with Gasteiger partial charge in [-0.1, -0.05) is 31.2 Å². The third-order valence-electron chi connectivity index (χ3n) is 5.50. The highest BCUT2D eigenvalue weighted by Gasteiger charge is 2.12. The van der Waals surface area contributed by atoms with Gasteiger partial charge in [-0.2, -0.15) is 0 Å². The van der Waals surface area contributed by atoms with E-state index < -0.39 is 0 Å². The van der Waals surface area contributed by atoms with Crippen LogP contribution in [0.15, 0.2) is 60.9 Å². The van der Waals surface area contributed by atoms with E-state index in [1.807, 2.05) is 12.3 Å². The largest absolute Gasteiger partial charge is 0.359 e. The van der Waals surface area contributed by atoms with Crippen molar-refractivity contribution < 1.29 is 4.79 Å². The van der Waals surface area contributed by atoms with E-state index in [-0.39, 0.29) is 5.91 Å². The Hall–Kier alpha value is -2.92. The van der Waals surface area contributed by atoms with E-state index in [9.17, 15) is 4.79 Å². The molecule has 0 atom stereocenters. The minimum atomic E-state index is -0.0625. The minimum Gasteiger partial charge on any atom is -0.359 e. The number of hydrogen-bond donors (Lipinski definition) is 2. The first kappa shape index (κ1) is 19.4. The lowest BCUT2D eigenvalue weighted by Crippen LogP contribution is -2.30. The molecule has 0 aliphatic carbocycles. The number of carbonyl (C=O) groups is 1. The van der Waals surface area contributed by atoms with Crippen molar-refractivity contribution in [2.75, 3.05) is 19.6 Å². The van der Waals surface area contributed by atoms with Gasteiger partial charge in [0.2, 0.25) is 5.91 Å². The van der Waals surface area contributed by atoms with Crippen molar-refractivity contribution in [1.82, 2.24) is 20.5 Å². The van der Waals surface area contributed by atoms with Crippen LogP contribution in [-0.2, 0) is 11.3 Å². The zero-order valence-corrected chi connectivity index (χ0v) is 16.8. The summed E-state index contributed by atoms with van der Waals surface area (Å²) >= 11 is 0. The SMILES string of the molecule is C=C(NC1=CC(=O)NCC1)c1ccnc(-c2cccc(CN3CCCCC3)c2)c1. The van der Waals surface area contributed by atoms with E-state index in [0.717, 1.165) is 41.2 Å². The third-order valence-corrected chi connectivity index (χ3v) is 5.50. The molecule has 5 nitrogen and oxygen atoms in total. The van der Waals surface area contributed by atoms with Crippen LogP contribution in [-0.4, -0.2) is 35.4 Å². The van der Waals surface area contributed by atoms with E-state index >= 15 is 0 Å². The van der Waals surface area contributed by atoms with Crippen molar-refractivity contribution in [3.8, 4) is 11.3 Å². The lowest BCUT2D eigenvalue weighted by molar-refractivity contribution is -0.116. The number of carbonyl (C=O) groups excluding carboxylic acids is 1. The van der Waals surface area contributed by atoms with Crippen molar-refractivity contribution >= 4 is 11.6 Å². The summed E-state index contributed by atoms with van der Waals surface area (Å²) in [4.78, 5) is 18.6. The maximum Gasteiger partial charge on any atom is 0.245 e. The molecular weight excluding hydrogens is 360 g/mol. The van der Waals surface area contributed by atoms with Gasteiger partial charge in [0, 0.05) is 54.3 Å². The summed E-state index contributed by atoms with van der Waals surface area (Å²) in [6.07, 6.45) is 8.15. The van der Waals surface area contributed by atoms with Crippen LogP contribution in [0, 0.1) is 0 Å². The molecular formula is C24H28N4O. The Bertz CT molecular complexity index is 928. The zero-order chi connectivity index (χ0) is 20.1. The number of nitrogens with zero attached hydrogens (tertiary/aromatic N) is 2. The molecule has 0 bridgehead atoms. The van der Waals surface area contributed by atoms with Crippen LogP contribution in [0.3, 0.4) is 0 Å². The third kappa shape index (κ3) is 5.12. The summed E-state index contributed by atoms with van der Waals surface area (Å²) in [5.74, 6) is -0.0625. The first-order chi connectivity index (χ1) is 14.2. The van der Waals surface area contributed by atoms with Crippen molar-refractivity contribution in [2.24, 2.45) is 0 Å². The summed E-state index contributed by atoms with van der Waals surface area (Å²) < 4.78 is 0. The van der Waals surface area contributed by atoms with E-state index in [2.05, 4.69) is 57.4 Å². The van der Waals surface area contributed by atoms with Gasteiger partial charge in [-0.3, -0.25) is 14.7 Å². The summed E-state index contributed by atoms with van der Waals surface area (Å²) in [5, 5.41) is 6.07. The van der Waals surface area contributed by atoms with Crippen LogP contribution < -0.4 is 10.6 Å². The fraction of sp³-hybridized carbons (Fsp3) is 0.333. The van der Waals surface area contributed by atoms with Gasteiger partial charge in [-0.25, -0.2) is 0 Å². The molecule has 3 heterocycles. The molecule has 1 aromatic heterocycles. The van der Waals surface area contributed by atoms with Crippen LogP contribution >= 0.6 is 0 Å². The smallest absolute Gasteiger partial charge is 0.245 e. The van der Waals surface area contributed by atoms with E-state index in [4.69, 9.17) is 0 Å². The number of hydrogen-bond acceptors (Lipinski definition) is 4. The summed E-state index contributed by atoms with van der Waals surface area (Å²) in [5.41, 5.74) is 6.02. The molecule has 0 radical (unpaired) electrons. The number of likely N-dealkylation sites (tertiary alicyclic amines) is 1. The maximum absolute atomic E-state index is 11.5. The molecule has 1 aromatic carbocycles. The van der Waals surface area contributed by atoms with Crippen LogP contribution in [0.1, 0.15) is 36.8 Å². The van der Waals surface area contributed by atoms with Gasteiger partial charge < -0.3 is 10.6 Å². The van der Waals surface area contributed by atoms with Crippen molar-refractivity contribution in [2.45, 2.75) is 32.2 Å². The fourth-order valence-corrected chi connectivity index (χ4v) is 3.95. The molecule has 2 N–H and O–H groups in total. The van der Waals surface area contributed by atoms with Crippen LogP contribution in [0.2, 0.25) is 0 Å². The lowest BCUT2D eigenvalue weighted by Gasteiger charge is -2.26. The Kier molecular flexibility index (Phi) is 6.06. The molecule has 5 heteroatoms. The molecule has 1 saturated heterocycles. The van der Waals surface area contributed by atoms with Crippen molar-refractivity contribution in [3.63, 3.8) is 0 Å². The van der Waals surface area contributed by atoms with Gasteiger partial charge in [-0.15, -0.1) is 0 Å². The Morgan fingerprint density at radius 3 is 2.86 bits per heavy atom. The van der Waals surface area contributed by atoms with Gasteiger partial charge in [-0.05, 0) is 49.7 Å². The average molecular weight is 389 g/mol. The van der Waals surface area contributed by atoms with Gasteiger partial charge in [0.1, 0.15) is 0 Å². The molecule has 150 valence electrons. The highest BCUT2D eigenvalue weighted by Crippen LogP contribution is 2.23. The van der Waals surface area contributed by atoms with Gasteiger partial charge >= 0.3 is 0 Å². The molecule has 2 aliphatic rings. The van der Waals surface area contributed by atoms with Gasteiger partial charge in [0.25, 0.3) is 0 Å². The summed E-state index contributed by atoms with van der Waals surface area (Å²) in [6, 6.07) is 12.7. The van der Waals surface area contributed by atoms with Crippen molar-refractivity contribution in [3.05, 3.63) is 72.1 Å². The average Bonchev–Trinajstić information content (AvgIpc) is 2.75. The molecule has 1 amide bonds. The topological polar surface area (TPSA) is 57.3 Å². The fourth-order valence-electron chi connectivity index (χ4n) is 3.95. The Morgan fingerprint density at radius 2 is 2.03 bits per heavy atom. The second kappa shape index (κ2) is 9.05. The molecule has 29 heavy (non-hydrogen) atoms. The highest BCUT2D eigenvalue weighted by atomic mass is 16.1. The Balaban J connectivity index is 1.48. The maximum atomic E-state index is 11.5. The predicted octanol–water partition coefficient (Wildman–Crippen LogP) is 3.70. The standard InChI is InChI=1S/C24H28N4O/c1-18(27-22-9-11-26-24(29)16-22)20-8-10-25-23(15-20)21-7-5-6-19(14-21)17-28-12-3-2-4-13-28/h5-8,10,14-16,27H,1-4,9,11-13,17H2,(H,26,29). The summed E-state index contributed by atoms with van der Waals surface area (Å²) in [6.45, 7) is 8.19. The first-order valence-electron chi connectivity index (χ1n) is 10.4. The number of aromatic nitrogens is 1. The highest BCUT2D eigenvalue weighted by molar-refractivity contribution is 5.89. The molecule has 0 spiro atoms. The molecule has 0 saturated carbocycles. The minimum absolute atomic E-state index is 0.0625. The van der Waals surface area contributed by atoms with Crippen molar-refractivity contribution in [1.29, 1.82) is 0 Å². The van der Waals surface area contributed by atoms with Crippen LogP contribution in [0.4, 0.5) is 0 Å². The second-order valence-electron chi connectivity index (χ2n) is 7.78. The number of rotatable bonds is 6. The molecule has 0 unspecified atom stereocenters. The van der Waals surface area contributed by atoms with Crippen LogP contribution in [0.25, 0.3) is 17.0 Å². The van der Waals surface area contributed by atoms with E-state index in [0.29, 0.717) is 6.54 Å². The molecule has 1 fully saturated rings. The van der Waals surface area contributed by atoms with E-state index in [1.165, 1.54) is 37.9 Å². The first-order valence-corrected chi connectivity index (χ1v) is 10.4. The van der Waals surface area contributed by atoms with Gasteiger partial charge in [0.05, 0.1) is 5.69 Å². The second-order valence-corrected chi connectivity index (χ2v) is 7.78. The predicted molar refractivity (Wildman–Crippen MR) is 117 cm³/mol.